The molecule has 0 aliphatic carbocycles. The van der Waals surface area contributed by atoms with Gasteiger partial charge in [-0.2, -0.15) is 0 Å². The Morgan fingerprint density at radius 3 is 2.77 bits per heavy atom. The van der Waals surface area contributed by atoms with E-state index in [1.165, 1.54) is 6.07 Å². The number of nitrogens with one attached hydrogen (secondary N) is 1. The summed E-state index contributed by atoms with van der Waals surface area (Å²) in [7, 11) is 0. The van der Waals surface area contributed by atoms with Crippen molar-refractivity contribution in [1.82, 2.24) is 9.56 Å². The Balaban J connectivity index is 1.50. The van der Waals surface area contributed by atoms with E-state index in [0.29, 0.717) is 33.6 Å². The van der Waals surface area contributed by atoms with E-state index in [4.69, 9.17) is 20.9 Å². The quantitative estimate of drug-likeness (QED) is 0.506. The van der Waals surface area contributed by atoms with Gasteiger partial charge in [0, 0.05) is 17.2 Å². The average Bonchev–Trinajstić information content (AvgIpc) is 3.09. The Morgan fingerprint density at radius 2 is 1.97 bits per heavy atom. The average molecular weight is 424 g/mol. The van der Waals surface area contributed by atoms with Crippen LogP contribution in [-0.4, -0.2) is 15.5 Å². The van der Waals surface area contributed by atoms with Crippen LogP contribution in [0.5, 0.6) is 5.75 Å². The number of aryl methyl sites for hydroxylation is 1. The molecule has 0 saturated carbocycles. The van der Waals surface area contributed by atoms with E-state index in [-0.39, 0.29) is 24.5 Å². The lowest BCUT2D eigenvalue weighted by atomic mass is 10.1. The third-order valence-corrected chi connectivity index (χ3v) is 4.56. The summed E-state index contributed by atoms with van der Waals surface area (Å²) in [6, 6.07) is 17.4. The van der Waals surface area contributed by atoms with E-state index >= 15 is 0 Å². The predicted molar refractivity (Wildman–Crippen MR) is 113 cm³/mol. The van der Waals surface area contributed by atoms with Crippen molar-refractivity contribution in [2.24, 2.45) is 0 Å². The molecule has 4 rings (SSSR count). The normalized spacial score (nSPS) is 10.9. The predicted octanol–water partition coefficient (Wildman–Crippen LogP) is 4.01. The van der Waals surface area contributed by atoms with Crippen molar-refractivity contribution >= 4 is 28.8 Å². The first-order valence-electron chi connectivity index (χ1n) is 9.24. The van der Waals surface area contributed by atoms with Gasteiger partial charge in [0.05, 0.1) is 17.8 Å². The number of carbonyl (C=O) groups excluding carboxylic acids is 1. The summed E-state index contributed by atoms with van der Waals surface area (Å²) >= 11 is 6.09. The zero-order valence-corrected chi connectivity index (χ0v) is 16.8. The lowest BCUT2D eigenvalue weighted by Gasteiger charge is -2.13. The van der Waals surface area contributed by atoms with Crippen molar-refractivity contribution in [3.05, 3.63) is 93.1 Å². The highest BCUT2D eigenvalue weighted by atomic mass is 35.5. The van der Waals surface area contributed by atoms with Crippen LogP contribution >= 0.6 is 11.6 Å². The van der Waals surface area contributed by atoms with Gasteiger partial charge >= 0.3 is 0 Å². The number of hydrogen-bond donors (Lipinski definition) is 1. The second kappa shape index (κ2) is 8.42. The largest absolute Gasteiger partial charge is 0.485 e. The number of rotatable bonds is 6. The van der Waals surface area contributed by atoms with Crippen molar-refractivity contribution in [3.8, 4) is 5.75 Å². The summed E-state index contributed by atoms with van der Waals surface area (Å²) in [5.41, 5.74) is 1.86. The van der Waals surface area contributed by atoms with Crippen LogP contribution in [0.15, 0.2) is 70.0 Å². The molecular weight excluding hydrogens is 406 g/mol. The zero-order valence-electron chi connectivity index (χ0n) is 16.1. The molecule has 1 N–H and O–H groups in total. The number of benzene rings is 2. The van der Waals surface area contributed by atoms with E-state index in [1.807, 2.05) is 30.3 Å². The van der Waals surface area contributed by atoms with Gasteiger partial charge in [-0.3, -0.25) is 9.59 Å². The van der Waals surface area contributed by atoms with Crippen LogP contribution < -0.4 is 15.6 Å². The zero-order chi connectivity index (χ0) is 21.1. The Morgan fingerprint density at radius 1 is 1.17 bits per heavy atom. The van der Waals surface area contributed by atoms with Crippen molar-refractivity contribution < 1.29 is 14.1 Å². The molecule has 0 aliphatic heterocycles. The molecule has 4 aromatic rings. The molecule has 0 fully saturated rings. The SMILES string of the molecule is Cc1cc2nc(COc3ccc(Cl)cc3NC(=O)Cc3ccccc3)cc(=O)n2o1. The molecule has 0 radical (unpaired) electrons. The summed E-state index contributed by atoms with van der Waals surface area (Å²) in [5, 5.41) is 3.29. The summed E-state index contributed by atoms with van der Waals surface area (Å²) in [4.78, 5) is 29.0. The molecule has 2 heterocycles. The summed E-state index contributed by atoms with van der Waals surface area (Å²) < 4.78 is 12.2. The molecule has 0 atom stereocenters. The van der Waals surface area contributed by atoms with Crippen LogP contribution in [0.1, 0.15) is 17.0 Å². The molecule has 2 aromatic heterocycles. The van der Waals surface area contributed by atoms with Crippen LogP contribution in [0.25, 0.3) is 5.65 Å². The van der Waals surface area contributed by atoms with Gasteiger partial charge in [0.1, 0.15) is 18.1 Å². The fraction of sp³-hybridized carbons (Fsp3) is 0.136. The first-order chi connectivity index (χ1) is 14.5. The molecule has 30 heavy (non-hydrogen) atoms. The van der Waals surface area contributed by atoms with E-state index in [0.717, 1.165) is 10.1 Å². The van der Waals surface area contributed by atoms with E-state index in [2.05, 4.69) is 10.3 Å². The maximum atomic E-state index is 12.4. The minimum absolute atomic E-state index is 0.0408. The second-order valence-electron chi connectivity index (χ2n) is 6.72. The number of ether oxygens (including phenoxy) is 1. The van der Waals surface area contributed by atoms with Gasteiger partial charge in [-0.1, -0.05) is 41.9 Å². The van der Waals surface area contributed by atoms with Crippen molar-refractivity contribution in [2.75, 3.05) is 5.32 Å². The number of fused-ring (bicyclic) bond motifs is 1. The minimum atomic E-state index is -0.334. The monoisotopic (exact) mass is 423 g/mol. The molecule has 152 valence electrons. The number of hydrogen-bond acceptors (Lipinski definition) is 5. The van der Waals surface area contributed by atoms with Crippen LogP contribution in [0.4, 0.5) is 5.69 Å². The van der Waals surface area contributed by atoms with Gasteiger partial charge in [-0.05, 0) is 30.7 Å². The Hall–Kier alpha value is -3.58. The highest BCUT2D eigenvalue weighted by molar-refractivity contribution is 6.31. The molecule has 7 nitrogen and oxygen atoms in total. The number of halogens is 1. The molecule has 1 amide bonds. The summed E-state index contributed by atoms with van der Waals surface area (Å²) in [5.74, 6) is 0.810. The van der Waals surface area contributed by atoms with Gasteiger partial charge in [0.15, 0.2) is 5.65 Å². The Bertz CT molecular complexity index is 1260. The third kappa shape index (κ3) is 4.52. The summed E-state index contributed by atoms with van der Waals surface area (Å²) in [6.45, 7) is 1.78. The highest BCUT2D eigenvalue weighted by Gasteiger charge is 2.12. The lowest BCUT2D eigenvalue weighted by molar-refractivity contribution is -0.115. The number of carbonyl (C=O) groups is 1. The molecule has 2 aromatic carbocycles. The molecule has 8 heteroatoms. The highest BCUT2D eigenvalue weighted by Crippen LogP contribution is 2.29. The molecule has 0 spiro atoms. The van der Waals surface area contributed by atoms with Gasteiger partial charge in [0.25, 0.3) is 5.56 Å². The van der Waals surface area contributed by atoms with E-state index in [1.54, 1.807) is 31.2 Å². The van der Waals surface area contributed by atoms with Crippen LogP contribution in [0, 0.1) is 6.92 Å². The number of aromatic nitrogens is 2. The fourth-order valence-electron chi connectivity index (χ4n) is 3.00. The summed E-state index contributed by atoms with van der Waals surface area (Å²) in [6.07, 6.45) is 0.224. The van der Waals surface area contributed by atoms with Gasteiger partial charge in [-0.15, -0.1) is 4.57 Å². The van der Waals surface area contributed by atoms with Crippen molar-refractivity contribution in [2.45, 2.75) is 20.0 Å². The molecular formula is C22H18ClN3O4. The van der Waals surface area contributed by atoms with Crippen LogP contribution in [0.3, 0.4) is 0 Å². The van der Waals surface area contributed by atoms with Gasteiger partial charge < -0.3 is 14.6 Å². The maximum absolute atomic E-state index is 12.4. The number of nitrogens with zero attached hydrogens (tertiary/aromatic N) is 2. The number of anilines is 1. The topological polar surface area (TPSA) is 85.8 Å². The molecule has 0 aliphatic rings. The maximum Gasteiger partial charge on any atom is 0.287 e. The first kappa shape index (κ1) is 19.7. The van der Waals surface area contributed by atoms with Gasteiger partial charge in [-0.25, -0.2) is 4.98 Å². The van der Waals surface area contributed by atoms with Crippen LogP contribution in [-0.2, 0) is 17.8 Å². The van der Waals surface area contributed by atoms with Crippen LogP contribution in [0.2, 0.25) is 5.02 Å². The van der Waals surface area contributed by atoms with Crippen molar-refractivity contribution in [1.29, 1.82) is 0 Å². The van der Waals surface area contributed by atoms with Gasteiger partial charge in [0.2, 0.25) is 5.91 Å². The third-order valence-electron chi connectivity index (χ3n) is 4.32. The molecule has 0 bridgehead atoms. The second-order valence-corrected chi connectivity index (χ2v) is 7.16. The number of amides is 1. The van der Waals surface area contributed by atoms with E-state index < -0.39 is 0 Å². The Labute approximate surface area is 176 Å². The smallest absolute Gasteiger partial charge is 0.287 e. The molecule has 0 unspecified atom stereocenters. The van der Waals surface area contributed by atoms with E-state index in [9.17, 15) is 9.59 Å². The lowest BCUT2D eigenvalue weighted by Crippen LogP contribution is -2.16. The van der Waals surface area contributed by atoms with Crippen molar-refractivity contribution in [3.63, 3.8) is 0 Å². The standard InChI is InChI=1S/C22H18ClN3O4/c1-14-9-20-24-17(12-22(28)26(20)30-14)13-29-19-8-7-16(23)11-18(19)25-21(27)10-15-5-3-2-4-6-15/h2-9,11-12H,10,13H2,1H3,(H,25,27). The Kier molecular flexibility index (Phi) is 5.54. The molecule has 0 saturated heterocycles. The first-order valence-corrected chi connectivity index (χ1v) is 9.61. The minimum Gasteiger partial charge on any atom is -0.485 e. The fourth-order valence-corrected chi connectivity index (χ4v) is 3.17.